The third-order valence-electron chi connectivity index (χ3n) is 7.23. The lowest BCUT2D eigenvalue weighted by atomic mass is 9.95. The minimum Gasteiger partial charge on any atom is -0.494 e. The Morgan fingerprint density at radius 2 is 1.27 bits per heavy atom. The fraction of sp³-hybridized carbons (Fsp3) is 0.229. The molecule has 0 radical (unpaired) electrons. The van der Waals surface area contributed by atoms with Gasteiger partial charge in [-0.25, -0.2) is 0 Å². The van der Waals surface area contributed by atoms with Gasteiger partial charge in [0.15, 0.2) is 0 Å². The van der Waals surface area contributed by atoms with Gasteiger partial charge in [-0.05, 0) is 59.5 Å². The summed E-state index contributed by atoms with van der Waals surface area (Å²) in [4.78, 5) is 40.1. The molecule has 0 saturated carbocycles. The average Bonchev–Trinajstić information content (AvgIpc) is 3.05. The maximum atomic E-state index is 13.7. The van der Waals surface area contributed by atoms with E-state index < -0.39 is 17.7 Å². The monoisotopic (exact) mass is 646 g/mol. The van der Waals surface area contributed by atoms with Crippen LogP contribution in [0.3, 0.4) is 0 Å². The van der Waals surface area contributed by atoms with Crippen molar-refractivity contribution in [3.63, 3.8) is 0 Å². The van der Waals surface area contributed by atoms with Gasteiger partial charge in [-0.2, -0.15) is 0 Å². The summed E-state index contributed by atoms with van der Waals surface area (Å²) in [7, 11) is 0. The zero-order chi connectivity index (χ0) is 32.2. The minimum atomic E-state index is -0.764. The number of nitrogens with two attached hydrogens (primary N) is 1. The van der Waals surface area contributed by atoms with E-state index in [1.165, 1.54) is 18.2 Å². The highest BCUT2D eigenvalue weighted by atomic mass is 35.5. The van der Waals surface area contributed by atoms with Crippen molar-refractivity contribution in [2.75, 3.05) is 19.7 Å². The third kappa shape index (κ3) is 9.81. The van der Waals surface area contributed by atoms with Gasteiger partial charge >= 0.3 is 0 Å². The van der Waals surface area contributed by atoms with E-state index in [0.29, 0.717) is 41.1 Å². The number of carbonyl (C=O) groups is 3. The molecule has 0 saturated heterocycles. The maximum absolute atomic E-state index is 13.7. The number of halogens is 2. The number of rotatable bonds is 14. The van der Waals surface area contributed by atoms with Gasteiger partial charge < -0.3 is 26.4 Å². The summed E-state index contributed by atoms with van der Waals surface area (Å²) in [5.41, 5.74) is 9.34. The predicted molar refractivity (Wildman–Crippen MR) is 178 cm³/mol. The molecule has 4 aromatic rings. The molecule has 0 bridgehead atoms. The van der Waals surface area contributed by atoms with Crippen LogP contribution in [-0.2, 0) is 22.7 Å². The van der Waals surface area contributed by atoms with Crippen LogP contribution in [0.25, 0.3) is 0 Å². The molecule has 10 heteroatoms. The molecule has 0 aromatic heterocycles. The van der Waals surface area contributed by atoms with Gasteiger partial charge in [-0.1, -0.05) is 89.9 Å². The van der Waals surface area contributed by atoms with Crippen LogP contribution in [0.1, 0.15) is 51.4 Å². The van der Waals surface area contributed by atoms with Gasteiger partial charge in [-0.3, -0.25) is 14.4 Å². The third-order valence-corrected chi connectivity index (χ3v) is 7.66. The summed E-state index contributed by atoms with van der Waals surface area (Å²) in [6, 6.07) is 28.7. The number of benzene rings is 4. The van der Waals surface area contributed by atoms with Gasteiger partial charge in [-0.15, -0.1) is 0 Å². The fourth-order valence-electron chi connectivity index (χ4n) is 4.79. The van der Waals surface area contributed by atoms with Gasteiger partial charge in [0.2, 0.25) is 11.8 Å². The van der Waals surface area contributed by atoms with Crippen LogP contribution in [0.5, 0.6) is 5.75 Å². The quantitative estimate of drug-likeness (QED) is 0.142. The Labute approximate surface area is 273 Å². The van der Waals surface area contributed by atoms with Crippen LogP contribution >= 0.6 is 23.2 Å². The van der Waals surface area contributed by atoms with Gasteiger partial charge in [0.05, 0.1) is 18.4 Å². The highest BCUT2D eigenvalue weighted by Gasteiger charge is 2.26. The summed E-state index contributed by atoms with van der Waals surface area (Å²) < 4.78 is 5.55. The van der Waals surface area contributed by atoms with E-state index in [4.69, 9.17) is 33.7 Å². The Hall–Kier alpha value is -4.37. The molecule has 4 aromatic carbocycles. The van der Waals surface area contributed by atoms with Crippen LogP contribution in [0.2, 0.25) is 10.0 Å². The number of ether oxygens (including phenoxy) is 1. The molecule has 0 unspecified atom stereocenters. The fourth-order valence-corrected chi connectivity index (χ4v) is 5.31. The number of hydrogen-bond donors (Lipinski definition) is 4. The van der Waals surface area contributed by atoms with Crippen LogP contribution in [-0.4, -0.2) is 37.4 Å². The molecule has 0 aliphatic rings. The molecule has 4 rings (SSSR count). The Bertz CT molecular complexity index is 1560. The van der Waals surface area contributed by atoms with Crippen molar-refractivity contribution in [2.24, 2.45) is 5.73 Å². The lowest BCUT2D eigenvalue weighted by molar-refractivity contribution is -0.124. The molecular weight excluding hydrogens is 611 g/mol. The molecule has 234 valence electrons. The smallest absolute Gasteiger partial charge is 0.251 e. The summed E-state index contributed by atoms with van der Waals surface area (Å²) in [5, 5.41) is 9.42. The van der Waals surface area contributed by atoms with Crippen molar-refractivity contribution >= 4 is 40.9 Å². The topological polar surface area (TPSA) is 123 Å². The molecule has 0 spiro atoms. The van der Waals surface area contributed by atoms with E-state index in [1.54, 1.807) is 24.3 Å². The maximum Gasteiger partial charge on any atom is 0.251 e. The van der Waals surface area contributed by atoms with Crippen LogP contribution < -0.4 is 26.4 Å². The number of nitrogens with one attached hydrogen (secondary N) is 3. The lowest BCUT2D eigenvalue weighted by Crippen LogP contribution is -2.41. The Morgan fingerprint density at radius 1 is 0.711 bits per heavy atom. The van der Waals surface area contributed by atoms with Gasteiger partial charge in [0.1, 0.15) is 5.75 Å². The van der Waals surface area contributed by atoms with Crippen molar-refractivity contribution in [3.8, 4) is 5.75 Å². The highest BCUT2D eigenvalue weighted by molar-refractivity contribution is 6.35. The summed E-state index contributed by atoms with van der Waals surface area (Å²) in [6.45, 7) is 3.20. The molecule has 0 aliphatic heterocycles. The zero-order valence-corrected chi connectivity index (χ0v) is 26.4. The zero-order valence-electron chi connectivity index (χ0n) is 24.9. The second-order valence-electron chi connectivity index (χ2n) is 10.4. The second kappa shape index (κ2) is 16.6. The van der Waals surface area contributed by atoms with Gasteiger partial charge in [0.25, 0.3) is 5.91 Å². The lowest BCUT2D eigenvalue weighted by Gasteiger charge is -2.22. The van der Waals surface area contributed by atoms with E-state index in [9.17, 15) is 14.4 Å². The van der Waals surface area contributed by atoms with Crippen LogP contribution in [0, 0.1) is 0 Å². The summed E-state index contributed by atoms with van der Waals surface area (Å²) in [6.07, 6.45) is 0. The van der Waals surface area contributed by atoms with Crippen molar-refractivity contribution in [2.45, 2.75) is 31.8 Å². The first-order valence-electron chi connectivity index (χ1n) is 14.6. The van der Waals surface area contributed by atoms with Crippen molar-refractivity contribution in [1.29, 1.82) is 0 Å². The molecule has 3 amide bonds. The number of hydrogen-bond acceptors (Lipinski definition) is 5. The first-order valence-corrected chi connectivity index (χ1v) is 15.4. The van der Waals surface area contributed by atoms with Gasteiger partial charge in [0, 0.05) is 41.8 Å². The van der Waals surface area contributed by atoms with Crippen LogP contribution in [0.4, 0.5) is 0 Å². The summed E-state index contributed by atoms with van der Waals surface area (Å²) in [5.74, 6) is -1.76. The molecule has 5 N–H and O–H groups in total. The number of amides is 3. The SMILES string of the molecule is CCOc1ccc([C@@H](CNC(=O)c2cc(Cl)cc(Cl)c2)C(=O)NC[C@H](C(=O)NCc2ccc(CN)cc2)c2ccccc2)cc1. The standard InChI is InChI=1S/C35H36Cl2N4O4/c1-2-45-30-14-12-26(13-15-30)32(21-40-33(42)27-16-28(36)18-29(37)17-27)35(44)41-22-31(25-6-4-3-5-7-25)34(43)39-20-24-10-8-23(19-38)9-11-24/h3-18,31-32H,2,19-22,38H2,1H3,(H,39,43)(H,40,42)(H,41,44)/t31-,32+/m0/s1. The minimum absolute atomic E-state index is 0.0101. The molecule has 0 aliphatic carbocycles. The number of carbonyl (C=O) groups excluding carboxylic acids is 3. The normalized spacial score (nSPS) is 12.1. The largest absolute Gasteiger partial charge is 0.494 e. The van der Waals surface area contributed by atoms with E-state index >= 15 is 0 Å². The molecule has 0 fully saturated rings. The van der Waals surface area contributed by atoms with Crippen molar-refractivity contribution in [1.82, 2.24) is 16.0 Å². The van der Waals surface area contributed by atoms with Crippen molar-refractivity contribution in [3.05, 3.63) is 135 Å². The first-order chi connectivity index (χ1) is 21.8. The van der Waals surface area contributed by atoms with Crippen LogP contribution in [0.15, 0.2) is 97.1 Å². The Balaban J connectivity index is 1.49. The Kier molecular flexibility index (Phi) is 12.4. The highest BCUT2D eigenvalue weighted by Crippen LogP contribution is 2.23. The predicted octanol–water partition coefficient (Wildman–Crippen LogP) is 5.58. The molecular formula is C35H36Cl2N4O4. The Morgan fingerprint density at radius 3 is 1.87 bits per heavy atom. The first kappa shape index (κ1) is 33.5. The van der Waals surface area contributed by atoms with E-state index in [2.05, 4.69) is 16.0 Å². The molecule has 45 heavy (non-hydrogen) atoms. The van der Waals surface area contributed by atoms with E-state index in [0.717, 1.165) is 16.7 Å². The van der Waals surface area contributed by atoms with E-state index in [1.807, 2.05) is 61.5 Å². The summed E-state index contributed by atoms with van der Waals surface area (Å²) >= 11 is 12.2. The molecule has 8 nitrogen and oxygen atoms in total. The molecule has 0 heterocycles. The second-order valence-corrected chi connectivity index (χ2v) is 11.2. The van der Waals surface area contributed by atoms with Crippen molar-refractivity contribution < 1.29 is 19.1 Å². The molecule has 2 atom stereocenters. The van der Waals surface area contributed by atoms with E-state index in [-0.39, 0.29) is 30.5 Å². The average molecular weight is 648 g/mol.